The van der Waals surface area contributed by atoms with Crippen molar-refractivity contribution in [2.75, 3.05) is 14.2 Å². The second-order valence-electron chi connectivity index (χ2n) is 3.57. The smallest absolute Gasteiger partial charge is 0.306 e. The molecule has 0 radical (unpaired) electrons. The molecule has 3 nitrogen and oxygen atoms in total. The zero-order valence-corrected chi connectivity index (χ0v) is 9.62. The maximum absolute atomic E-state index is 13.6. The lowest BCUT2D eigenvalue weighted by Gasteiger charge is -2.12. The molecule has 1 aromatic carbocycles. The fraction of sp³-hybridized carbons (Fsp3) is 0.417. The summed E-state index contributed by atoms with van der Waals surface area (Å²) in [5, 5.41) is 0. The Balaban J connectivity index is 2.83. The molecule has 0 heterocycles. The number of carbonyl (C=O) groups is 1. The fourth-order valence-electron chi connectivity index (χ4n) is 1.48. The monoisotopic (exact) mass is 226 g/mol. The molecule has 0 saturated heterocycles. The molecule has 1 aromatic rings. The molecular formula is C12H15FO3. The van der Waals surface area contributed by atoms with E-state index in [1.807, 2.05) is 0 Å². The summed E-state index contributed by atoms with van der Waals surface area (Å²) >= 11 is 0. The molecule has 0 aliphatic carbocycles. The van der Waals surface area contributed by atoms with Crippen LogP contribution >= 0.6 is 0 Å². The van der Waals surface area contributed by atoms with Crippen LogP contribution in [0.1, 0.15) is 24.8 Å². The van der Waals surface area contributed by atoms with Crippen molar-refractivity contribution < 1.29 is 18.7 Å². The Hall–Kier alpha value is -1.58. The Morgan fingerprint density at radius 1 is 1.44 bits per heavy atom. The predicted octanol–water partition coefficient (Wildman–Crippen LogP) is 2.50. The van der Waals surface area contributed by atoms with E-state index in [1.165, 1.54) is 20.3 Å². The van der Waals surface area contributed by atoms with Crippen LogP contribution in [0.3, 0.4) is 0 Å². The molecule has 0 amide bonds. The first-order chi connectivity index (χ1) is 7.58. The maximum Gasteiger partial charge on any atom is 0.306 e. The summed E-state index contributed by atoms with van der Waals surface area (Å²) in [6.07, 6.45) is 0.166. The topological polar surface area (TPSA) is 35.5 Å². The summed E-state index contributed by atoms with van der Waals surface area (Å²) < 4.78 is 23.1. The predicted molar refractivity (Wildman–Crippen MR) is 58.0 cm³/mol. The van der Waals surface area contributed by atoms with Gasteiger partial charge in [0.05, 0.1) is 20.6 Å². The molecule has 1 rings (SSSR count). The summed E-state index contributed by atoms with van der Waals surface area (Å²) in [6.45, 7) is 1.78. The quantitative estimate of drug-likeness (QED) is 0.740. The second-order valence-corrected chi connectivity index (χ2v) is 3.57. The van der Waals surface area contributed by atoms with Crippen molar-refractivity contribution in [3.63, 3.8) is 0 Å². The Kier molecular flexibility index (Phi) is 4.28. The van der Waals surface area contributed by atoms with Gasteiger partial charge in [0, 0.05) is 6.07 Å². The van der Waals surface area contributed by atoms with Crippen molar-refractivity contribution >= 4 is 5.97 Å². The van der Waals surface area contributed by atoms with E-state index in [0.29, 0.717) is 11.3 Å². The Labute approximate surface area is 94.2 Å². The van der Waals surface area contributed by atoms with Gasteiger partial charge in [0.25, 0.3) is 0 Å². The largest absolute Gasteiger partial charge is 0.497 e. The standard InChI is InChI=1S/C12H15FO3/c1-8(6-12(14)16-3)10-5-4-9(15-2)7-11(10)13/h4-5,7-8H,6H2,1-3H3. The summed E-state index contributed by atoms with van der Waals surface area (Å²) in [5.41, 5.74) is 0.492. The van der Waals surface area contributed by atoms with Gasteiger partial charge in [0.2, 0.25) is 0 Å². The highest BCUT2D eigenvalue weighted by atomic mass is 19.1. The van der Waals surface area contributed by atoms with E-state index in [-0.39, 0.29) is 24.1 Å². The lowest BCUT2D eigenvalue weighted by molar-refractivity contribution is -0.140. The van der Waals surface area contributed by atoms with Crippen LogP contribution in [0, 0.1) is 5.82 Å². The summed E-state index contributed by atoms with van der Waals surface area (Å²) in [6, 6.07) is 4.61. The third kappa shape index (κ3) is 2.95. The Bertz CT molecular complexity index is 377. The fourth-order valence-corrected chi connectivity index (χ4v) is 1.48. The van der Waals surface area contributed by atoms with E-state index in [4.69, 9.17) is 4.74 Å². The van der Waals surface area contributed by atoms with Crippen molar-refractivity contribution in [3.05, 3.63) is 29.6 Å². The van der Waals surface area contributed by atoms with Gasteiger partial charge in [0.1, 0.15) is 11.6 Å². The molecule has 4 heteroatoms. The van der Waals surface area contributed by atoms with Crippen molar-refractivity contribution in [1.29, 1.82) is 0 Å². The van der Waals surface area contributed by atoms with Crippen LogP contribution in [0.2, 0.25) is 0 Å². The average Bonchev–Trinajstić information content (AvgIpc) is 2.28. The van der Waals surface area contributed by atoms with Crippen molar-refractivity contribution in [1.82, 2.24) is 0 Å². The van der Waals surface area contributed by atoms with Crippen LogP contribution in [0.4, 0.5) is 4.39 Å². The van der Waals surface area contributed by atoms with Crippen LogP contribution in [0.5, 0.6) is 5.75 Å². The zero-order chi connectivity index (χ0) is 12.1. The Morgan fingerprint density at radius 2 is 2.12 bits per heavy atom. The van der Waals surface area contributed by atoms with Gasteiger partial charge in [-0.25, -0.2) is 4.39 Å². The Morgan fingerprint density at radius 3 is 2.62 bits per heavy atom. The van der Waals surface area contributed by atoms with Gasteiger partial charge < -0.3 is 9.47 Å². The summed E-state index contributed by atoms with van der Waals surface area (Å²) in [7, 11) is 2.80. The van der Waals surface area contributed by atoms with Gasteiger partial charge in [0.15, 0.2) is 0 Å². The molecule has 0 aromatic heterocycles. The number of hydrogen-bond donors (Lipinski definition) is 0. The van der Waals surface area contributed by atoms with Crippen molar-refractivity contribution in [2.24, 2.45) is 0 Å². The minimum absolute atomic E-state index is 0.166. The summed E-state index contributed by atoms with van der Waals surface area (Å²) in [5.74, 6) is -0.455. The van der Waals surface area contributed by atoms with Crippen LogP contribution in [-0.2, 0) is 9.53 Å². The van der Waals surface area contributed by atoms with E-state index in [9.17, 15) is 9.18 Å². The van der Waals surface area contributed by atoms with E-state index >= 15 is 0 Å². The van der Waals surface area contributed by atoms with E-state index in [0.717, 1.165) is 0 Å². The van der Waals surface area contributed by atoms with Gasteiger partial charge in [-0.15, -0.1) is 0 Å². The number of methoxy groups -OCH3 is 2. The molecule has 0 spiro atoms. The van der Waals surface area contributed by atoms with Crippen LogP contribution < -0.4 is 4.74 Å². The molecule has 0 aliphatic rings. The molecule has 1 unspecified atom stereocenters. The van der Waals surface area contributed by atoms with Gasteiger partial charge in [-0.1, -0.05) is 13.0 Å². The third-order valence-corrected chi connectivity index (χ3v) is 2.44. The third-order valence-electron chi connectivity index (χ3n) is 2.44. The molecule has 0 saturated carbocycles. The zero-order valence-electron chi connectivity index (χ0n) is 9.62. The molecule has 1 atom stereocenters. The van der Waals surface area contributed by atoms with E-state index < -0.39 is 0 Å². The molecule has 16 heavy (non-hydrogen) atoms. The maximum atomic E-state index is 13.6. The molecule has 0 fully saturated rings. The molecule has 0 bridgehead atoms. The first kappa shape index (κ1) is 12.5. The first-order valence-corrected chi connectivity index (χ1v) is 4.98. The van der Waals surface area contributed by atoms with Gasteiger partial charge in [-0.2, -0.15) is 0 Å². The molecule has 88 valence electrons. The number of ether oxygens (including phenoxy) is 2. The number of esters is 1. The highest BCUT2D eigenvalue weighted by Gasteiger charge is 2.15. The SMILES string of the molecule is COC(=O)CC(C)c1ccc(OC)cc1F. The number of halogens is 1. The second kappa shape index (κ2) is 5.49. The van der Waals surface area contributed by atoms with Crippen LogP contribution in [-0.4, -0.2) is 20.2 Å². The molecular weight excluding hydrogens is 211 g/mol. The van der Waals surface area contributed by atoms with Crippen molar-refractivity contribution in [2.45, 2.75) is 19.3 Å². The minimum atomic E-state index is -0.365. The van der Waals surface area contributed by atoms with E-state index in [2.05, 4.69) is 4.74 Å². The first-order valence-electron chi connectivity index (χ1n) is 4.98. The van der Waals surface area contributed by atoms with Gasteiger partial charge in [-0.05, 0) is 17.5 Å². The highest BCUT2D eigenvalue weighted by Crippen LogP contribution is 2.25. The van der Waals surface area contributed by atoms with Gasteiger partial charge in [-0.3, -0.25) is 4.79 Å². The lowest BCUT2D eigenvalue weighted by Crippen LogP contribution is -2.07. The average molecular weight is 226 g/mol. The number of benzene rings is 1. The van der Waals surface area contributed by atoms with Gasteiger partial charge >= 0.3 is 5.97 Å². The summed E-state index contributed by atoms with van der Waals surface area (Å²) in [4.78, 5) is 11.1. The number of rotatable bonds is 4. The normalized spacial score (nSPS) is 12.0. The lowest BCUT2D eigenvalue weighted by atomic mass is 9.97. The van der Waals surface area contributed by atoms with Crippen LogP contribution in [0.25, 0.3) is 0 Å². The molecule has 0 aliphatic heterocycles. The van der Waals surface area contributed by atoms with Crippen LogP contribution in [0.15, 0.2) is 18.2 Å². The van der Waals surface area contributed by atoms with Crippen molar-refractivity contribution in [3.8, 4) is 5.75 Å². The number of hydrogen-bond acceptors (Lipinski definition) is 3. The highest BCUT2D eigenvalue weighted by molar-refractivity contribution is 5.70. The van der Waals surface area contributed by atoms with E-state index in [1.54, 1.807) is 19.1 Å². The minimum Gasteiger partial charge on any atom is -0.497 e. The number of carbonyl (C=O) groups excluding carboxylic acids is 1. The molecule has 0 N–H and O–H groups in total.